The lowest BCUT2D eigenvalue weighted by molar-refractivity contribution is 0.0651. The van der Waals surface area contributed by atoms with Gasteiger partial charge in [-0.1, -0.05) is 25.1 Å². The zero-order chi connectivity index (χ0) is 20.2. The van der Waals surface area contributed by atoms with Crippen LogP contribution in [0.5, 0.6) is 11.5 Å². The predicted molar refractivity (Wildman–Crippen MR) is 110 cm³/mol. The van der Waals surface area contributed by atoms with E-state index in [1.165, 1.54) is 0 Å². The number of anilines is 1. The number of nitrogens with zero attached hydrogens (tertiary/aromatic N) is 1. The van der Waals surface area contributed by atoms with E-state index in [1.807, 2.05) is 54.6 Å². The van der Waals surface area contributed by atoms with Gasteiger partial charge in [-0.3, -0.25) is 4.79 Å². The molecule has 0 radical (unpaired) electrons. The number of amides is 1. The van der Waals surface area contributed by atoms with Gasteiger partial charge in [0.15, 0.2) is 11.5 Å². The van der Waals surface area contributed by atoms with Gasteiger partial charge in [-0.2, -0.15) is 0 Å². The molecule has 0 spiro atoms. The smallest absolute Gasteiger partial charge is 0.258 e. The number of hydrogen-bond acceptors (Lipinski definition) is 5. The fourth-order valence-corrected chi connectivity index (χ4v) is 3.48. The van der Waals surface area contributed by atoms with Gasteiger partial charge < -0.3 is 24.1 Å². The Bertz CT molecular complexity index is 984. The van der Waals surface area contributed by atoms with Gasteiger partial charge in [0, 0.05) is 5.69 Å². The predicted octanol–water partition coefficient (Wildman–Crippen LogP) is 4.84. The van der Waals surface area contributed by atoms with Crippen molar-refractivity contribution in [1.82, 2.24) is 4.90 Å². The van der Waals surface area contributed by atoms with Crippen LogP contribution in [0, 0.1) is 0 Å². The average molecular weight is 392 g/mol. The number of rotatable bonds is 7. The molecule has 0 saturated heterocycles. The number of carbonyl (C=O) groups is 1. The van der Waals surface area contributed by atoms with Gasteiger partial charge in [0.25, 0.3) is 5.91 Å². The second-order valence-corrected chi connectivity index (χ2v) is 6.86. The highest BCUT2D eigenvalue weighted by molar-refractivity contribution is 6.01. The van der Waals surface area contributed by atoms with Crippen LogP contribution in [0.1, 0.15) is 41.2 Å². The first-order valence-corrected chi connectivity index (χ1v) is 9.71. The number of methoxy groups -OCH3 is 1. The summed E-state index contributed by atoms with van der Waals surface area (Å²) in [6, 6.07) is 17.0. The Morgan fingerprint density at radius 3 is 2.72 bits per heavy atom. The molecule has 3 aromatic rings. The summed E-state index contributed by atoms with van der Waals surface area (Å²) >= 11 is 0. The summed E-state index contributed by atoms with van der Waals surface area (Å²) in [5.41, 5.74) is 2.36. The molecule has 29 heavy (non-hydrogen) atoms. The van der Waals surface area contributed by atoms with Crippen molar-refractivity contribution in [2.75, 3.05) is 19.0 Å². The third-order valence-electron chi connectivity index (χ3n) is 4.89. The van der Waals surface area contributed by atoms with Crippen LogP contribution in [0.15, 0.2) is 65.3 Å². The first-order chi connectivity index (χ1) is 14.2. The van der Waals surface area contributed by atoms with Crippen LogP contribution in [-0.2, 0) is 6.54 Å². The lowest BCUT2D eigenvalue weighted by Crippen LogP contribution is -2.42. The number of ether oxygens (including phenoxy) is 2. The molecular formula is C23H24N2O4. The zero-order valence-electron chi connectivity index (χ0n) is 16.6. The Hall–Kier alpha value is -3.41. The number of fused-ring (bicyclic) bond motifs is 1. The standard InChI is InChI=1S/C23H24N2O4/c1-3-12-29-21-14-16(10-11-20(21)27-2)22-24-19-9-5-4-8-18(19)23(26)25(22)15-17-7-6-13-28-17/h4-11,13-14,22,24H,3,12,15H2,1-2H3/t22-/m0/s1. The Labute approximate surface area is 170 Å². The normalized spacial score (nSPS) is 15.6. The minimum absolute atomic E-state index is 0.0485. The molecule has 1 amide bonds. The molecule has 1 aliphatic rings. The Balaban J connectivity index is 1.74. The van der Waals surface area contributed by atoms with E-state index >= 15 is 0 Å². The van der Waals surface area contributed by atoms with Crippen molar-refractivity contribution < 1.29 is 18.7 Å². The fraction of sp³-hybridized carbons (Fsp3) is 0.261. The highest BCUT2D eigenvalue weighted by Crippen LogP contribution is 2.37. The summed E-state index contributed by atoms with van der Waals surface area (Å²) in [6.45, 7) is 3.00. The van der Waals surface area contributed by atoms with Crippen LogP contribution in [0.2, 0.25) is 0 Å². The van der Waals surface area contributed by atoms with Gasteiger partial charge in [-0.05, 0) is 48.4 Å². The van der Waals surface area contributed by atoms with Crippen LogP contribution >= 0.6 is 0 Å². The molecule has 0 saturated carbocycles. The topological polar surface area (TPSA) is 63.9 Å². The van der Waals surface area contributed by atoms with Gasteiger partial charge in [0.05, 0.1) is 32.1 Å². The lowest BCUT2D eigenvalue weighted by Gasteiger charge is -2.38. The number of carbonyl (C=O) groups excluding carboxylic acids is 1. The molecule has 0 fully saturated rings. The summed E-state index contributed by atoms with van der Waals surface area (Å²) in [7, 11) is 1.62. The first kappa shape index (κ1) is 18.9. The molecule has 1 aliphatic heterocycles. The average Bonchev–Trinajstić information content (AvgIpc) is 3.27. The third-order valence-corrected chi connectivity index (χ3v) is 4.89. The van der Waals surface area contributed by atoms with Crippen LogP contribution in [0.3, 0.4) is 0 Å². The summed E-state index contributed by atoms with van der Waals surface area (Å²) in [6.07, 6.45) is 2.15. The maximum Gasteiger partial charge on any atom is 0.258 e. The van der Waals surface area contributed by atoms with E-state index < -0.39 is 0 Å². The molecule has 1 aromatic heterocycles. The lowest BCUT2D eigenvalue weighted by atomic mass is 10.0. The van der Waals surface area contributed by atoms with E-state index in [0.29, 0.717) is 30.2 Å². The maximum atomic E-state index is 13.3. The van der Waals surface area contributed by atoms with E-state index in [-0.39, 0.29) is 12.1 Å². The highest BCUT2D eigenvalue weighted by Gasteiger charge is 2.33. The minimum Gasteiger partial charge on any atom is -0.493 e. The molecule has 0 unspecified atom stereocenters. The van der Waals surface area contributed by atoms with Crippen LogP contribution in [-0.4, -0.2) is 24.5 Å². The Morgan fingerprint density at radius 2 is 1.97 bits per heavy atom. The van der Waals surface area contributed by atoms with E-state index in [4.69, 9.17) is 13.9 Å². The number of furan rings is 1. The first-order valence-electron chi connectivity index (χ1n) is 9.71. The molecule has 6 heteroatoms. The Kier molecular flexibility index (Phi) is 5.42. The zero-order valence-corrected chi connectivity index (χ0v) is 16.6. The van der Waals surface area contributed by atoms with E-state index in [0.717, 1.165) is 23.4 Å². The molecule has 0 bridgehead atoms. The fourth-order valence-electron chi connectivity index (χ4n) is 3.48. The SMILES string of the molecule is CCCOc1cc([C@H]2Nc3ccccc3C(=O)N2Cc2ccco2)ccc1OC. The van der Waals surface area contributed by atoms with Crippen molar-refractivity contribution in [3.63, 3.8) is 0 Å². The highest BCUT2D eigenvalue weighted by atomic mass is 16.5. The monoisotopic (exact) mass is 392 g/mol. The number of hydrogen-bond donors (Lipinski definition) is 1. The van der Waals surface area contributed by atoms with Crippen molar-refractivity contribution in [2.45, 2.75) is 26.1 Å². The van der Waals surface area contributed by atoms with Crippen molar-refractivity contribution in [3.05, 3.63) is 77.7 Å². The minimum atomic E-state index is -0.364. The third kappa shape index (κ3) is 3.78. The summed E-state index contributed by atoms with van der Waals surface area (Å²) in [5, 5.41) is 3.49. The summed E-state index contributed by atoms with van der Waals surface area (Å²) in [5.74, 6) is 2.01. The molecule has 150 valence electrons. The molecule has 2 aromatic carbocycles. The molecule has 1 N–H and O–H groups in total. The number of benzene rings is 2. The van der Waals surface area contributed by atoms with Gasteiger partial charge >= 0.3 is 0 Å². The largest absolute Gasteiger partial charge is 0.493 e. The molecule has 1 atom stereocenters. The number of para-hydroxylation sites is 1. The van der Waals surface area contributed by atoms with E-state index in [9.17, 15) is 4.79 Å². The van der Waals surface area contributed by atoms with Crippen molar-refractivity contribution in [2.24, 2.45) is 0 Å². The molecule has 6 nitrogen and oxygen atoms in total. The van der Waals surface area contributed by atoms with Crippen LogP contribution in [0.25, 0.3) is 0 Å². The van der Waals surface area contributed by atoms with Crippen molar-refractivity contribution >= 4 is 11.6 Å². The van der Waals surface area contributed by atoms with Crippen LogP contribution in [0.4, 0.5) is 5.69 Å². The molecule has 4 rings (SSSR count). The quantitative estimate of drug-likeness (QED) is 0.623. The second kappa shape index (κ2) is 8.31. The molecule has 2 heterocycles. The van der Waals surface area contributed by atoms with Crippen molar-refractivity contribution in [3.8, 4) is 11.5 Å². The maximum absolute atomic E-state index is 13.3. The van der Waals surface area contributed by atoms with Gasteiger partial charge in [0.1, 0.15) is 11.9 Å². The second-order valence-electron chi connectivity index (χ2n) is 6.86. The van der Waals surface area contributed by atoms with Crippen LogP contribution < -0.4 is 14.8 Å². The van der Waals surface area contributed by atoms with E-state index in [1.54, 1.807) is 18.3 Å². The number of nitrogens with one attached hydrogen (secondary N) is 1. The summed E-state index contributed by atoms with van der Waals surface area (Å²) in [4.78, 5) is 15.1. The Morgan fingerprint density at radius 1 is 1.10 bits per heavy atom. The van der Waals surface area contributed by atoms with Crippen molar-refractivity contribution in [1.29, 1.82) is 0 Å². The van der Waals surface area contributed by atoms with Gasteiger partial charge in [-0.25, -0.2) is 0 Å². The van der Waals surface area contributed by atoms with Gasteiger partial charge in [-0.15, -0.1) is 0 Å². The summed E-state index contributed by atoms with van der Waals surface area (Å²) < 4.78 is 16.8. The molecule has 0 aliphatic carbocycles. The van der Waals surface area contributed by atoms with E-state index in [2.05, 4.69) is 12.2 Å². The molecular weight excluding hydrogens is 368 g/mol. The van der Waals surface area contributed by atoms with Gasteiger partial charge in [0.2, 0.25) is 0 Å².